The zero-order chi connectivity index (χ0) is 22.8. The Hall–Kier alpha value is -3.67. The van der Waals surface area contributed by atoms with Crippen LogP contribution in [0.4, 0.5) is 0 Å². The Morgan fingerprint density at radius 1 is 1.03 bits per heavy atom. The maximum Gasteiger partial charge on any atom is 0.225 e. The van der Waals surface area contributed by atoms with E-state index in [0.717, 1.165) is 33.8 Å². The molecule has 0 bridgehead atoms. The molecule has 3 aromatic rings. The molecule has 0 fully saturated rings. The van der Waals surface area contributed by atoms with Gasteiger partial charge in [-0.1, -0.05) is 42.5 Å². The summed E-state index contributed by atoms with van der Waals surface area (Å²) in [4.78, 5) is 28.8. The Bertz CT molecular complexity index is 1180. The van der Waals surface area contributed by atoms with Gasteiger partial charge in [-0.05, 0) is 43.2 Å². The number of hydrogen-bond donors (Lipinski definition) is 0. The number of amides is 2. The van der Waals surface area contributed by atoms with Crippen LogP contribution in [0.15, 0.2) is 60.8 Å². The van der Waals surface area contributed by atoms with E-state index in [1.807, 2.05) is 86.3 Å². The van der Waals surface area contributed by atoms with Crippen LogP contribution in [0, 0.1) is 13.8 Å². The summed E-state index contributed by atoms with van der Waals surface area (Å²) in [5.41, 5.74) is 6.00. The zero-order valence-corrected chi connectivity index (χ0v) is 18.9. The minimum Gasteiger partial charge on any atom is -0.341 e. The fourth-order valence-corrected chi connectivity index (χ4v) is 4.28. The second kappa shape index (κ2) is 8.83. The monoisotopic (exact) mass is 428 g/mol. The summed E-state index contributed by atoms with van der Waals surface area (Å²) in [5, 5.41) is 4.69. The summed E-state index contributed by atoms with van der Waals surface area (Å²) < 4.78 is 1.92. The van der Waals surface area contributed by atoms with Crippen molar-refractivity contribution in [3.63, 3.8) is 0 Å². The van der Waals surface area contributed by atoms with Crippen LogP contribution in [0.3, 0.4) is 0 Å². The lowest BCUT2D eigenvalue weighted by atomic mass is 9.93. The third kappa shape index (κ3) is 4.08. The first kappa shape index (κ1) is 21.6. The first-order valence-electron chi connectivity index (χ1n) is 10.8. The van der Waals surface area contributed by atoms with Gasteiger partial charge in [0.1, 0.15) is 0 Å². The van der Waals surface area contributed by atoms with Gasteiger partial charge < -0.3 is 9.80 Å². The molecule has 1 aliphatic rings. The largest absolute Gasteiger partial charge is 0.341 e. The lowest BCUT2D eigenvalue weighted by Crippen LogP contribution is -2.36. The van der Waals surface area contributed by atoms with Crippen LogP contribution in [-0.2, 0) is 16.1 Å². The number of nitrogens with zero attached hydrogens (tertiary/aromatic N) is 4. The van der Waals surface area contributed by atoms with Crippen molar-refractivity contribution in [1.29, 1.82) is 0 Å². The van der Waals surface area contributed by atoms with Crippen molar-refractivity contribution in [1.82, 2.24) is 19.6 Å². The van der Waals surface area contributed by atoms with Crippen molar-refractivity contribution < 1.29 is 9.59 Å². The number of para-hydroxylation sites is 1. The SMILES string of the molecule is CC(=O)N1C=Cc2ccccc2[C@H]1CC(=O)N(C)Cc1c(C)nn(-c2ccccc2)c1C. The van der Waals surface area contributed by atoms with Gasteiger partial charge >= 0.3 is 0 Å². The maximum atomic E-state index is 13.2. The van der Waals surface area contributed by atoms with Crippen LogP contribution in [0.1, 0.15) is 47.5 Å². The van der Waals surface area contributed by atoms with Crippen LogP contribution in [0.2, 0.25) is 0 Å². The Labute approximate surface area is 188 Å². The topological polar surface area (TPSA) is 58.4 Å². The molecular weight excluding hydrogens is 400 g/mol. The Balaban J connectivity index is 1.54. The number of benzene rings is 2. The molecule has 0 saturated heterocycles. The average molecular weight is 429 g/mol. The second-order valence-corrected chi connectivity index (χ2v) is 8.24. The number of fused-ring (bicyclic) bond motifs is 1. The van der Waals surface area contributed by atoms with E-state index in [2.05, 4.69) is 0 Å². The fourth-order valence-electron chi connectivity index (χ4n) is 4.28. The quantitative estimate of drug-likeness (QED) is 0.605. The molecule has 6 heteroatoms. The predicted molar refractivity (Wildman–Crippen MR) is 125 cm³/mol. The third-order valence-corrected chi connectivity index (χ3v) is 6.10. The normalized spacial score (nSPS) is 14.9. The van der Waals surface area contributed by atoms with Gasteiger partial charge in [-0.2, -0.15) is 5.10 Å². The summed E-state index contributed by atoms with van der Waals surface area (Å²) in [6, 6.07) is 17.6. The van der Waals surface area contributed by atoms with Crippen LogP contribution in [0.5, 0.6) is 0 Å². The minimum absolute atomic E-state index is 0.0161. The molecule has 0 radical (unpaired) electrons. The highest BCUT2D eigenvalue weighted by Crippen LogP contribution is 2.33. The molecule has 2 amide bonds. The lowest BCUT2D eigenvalue weighted by molar-refractivity contribution is -0.134. The molecule has 0 unspecified atom stereocenters. The van der Waals surface area contributed by atoms with Gasteiger partial charge in [-0.25, -0.2) is 4.68 Å². The summed E-state index contributed by atoms with van der Waals surface area (Å²) in [6.07, 6.45) is 3.93. The summed E-state index contributed by atoms with van der Waals surface area (Å²) >= 11 is 0. The van der Waals surface area contributed by atoms with Crippen molar-refractivity contribution in [3.8, 4) is 5.69 Å². The van der Waals surface area contributed by atoms with Gasteiger partial charge in [0, 0.05) is 38.0 Å². The van der Waals surface area contributed by atoms with Crippen LogP contribution in [-0.4, -0.2) is 38.4 Å². The molecule has 6 nitrogen and oxygen atoms in total. The van der Waals surface area contributed by atoms with Gasteiger partial charge in [0.05, 0.1) is 23.8 Å². The summed E-state index contributed by atoms with van der Waals surface area (Å²) in [5.74, 6) is -0.0929. The Morgan fingerprint density at radius 3 is 2.44 bits per heavy atom. The van der Waals surface area contributed by atoms with E-state index < -0.39 is 0 Å². The number of hydrogen-bond acceptors (Lipinski definition) is 3. The average Bonchev–Trinajstić information content (AvgIpc) is 3.07. The number of rotatable bonds is 5. The standard InChI is InChI=1S/C26H28N4O2/c1-18-24(19(2)30(27-18)22-11-6-5-7-12-22)17-28(4)26(32)16-25-23-13-9-8-10-21(23)14-15-29(25)20(3)31/h5-15,25H,16-17H2,1-4H3/t25-/m1/s1. The van der Waals surface area contributed by atoms with E-state index in [0.29, 0.717) is 6.54 Å². The highest BCUT2D eigenvalue weighted by atomic mass is 16.2. The van der Waals surface area contributed by atoms with Gasteiger partial charge in [-0.3, -0.25) is 9.59 Å². The van der Waals surface area contributed by atoms with Crippen molar-refractivity contribution in [3.05, 3.63) is 88.9 Å². The number of aromatic nitrogens is 2. The molecule has 1 aromatic heterocycles. The van der Waals surface area contributed by atoms with E-state index in [1.165, 1.54) is 6.92 Å². The van der Waals surface area contributed by atoms with Crippen molar-refractivity contribution >= 4 is 17.9 Å². The van der Waals surface area contributed by atoms with E-state index >= 15 is 0 Å². The highest BCUT2D eigenvalue weighted by Gasteiger charge is 2.29. The Morgan fingerprint density at radius 2 is 1.72 bits per heavy atom. The van der Waals surface area contributed by atoms with Gasteiger partial charge in [0.25, 0.3) is 0 Å². The van der Waals surface area contributed by atoms with Gasteiger partial charge in [-0.15, -0.1) is 0 Å². The third-order valence-electron chi connectivity index (χ3n) is 6.10. The maximum absolute atomic E-state index is 13.2. The second-order valence-electron chi connectivity index (χ2n) is 8.24. The molecule has 1 atom stereocenters. The van der Waals surface area contributed by atoms with Crippen molar-refractivity contribution in [2.75, 3.05) is 7.05 Å². The number of carbonyl (C=O) groups excluding carboxylic acids is 2. The molecule has 0 saturated carbocycles. The molecule has 0 aliphatic carbocycles. The van der Waals surface area contributed by atoms with Crippen LogP contribution >= 0.6 is 0 Å². The number of aryl methyl sites for hydroxylation is 1. The van der Waals surface area contributed by atoms with Crippen LogP contribution < -0.4 is 0 Å². The van der Waals surface area contributed by atoms with Crippen LogP contribution in [0.25, 0.3) is 11.8 Å². The van der Waals surface area contributed by atoms with Crippen molar-refractivity contribution in [2.24, 2.45) is 0 Å². The molecule has 1 aliphatic heterocycles. The molecular formula is C26H28N4O2. The fraction of sp³-hybridized carbons (Fsp3) is 0.269. The summed E-state index contributed by atoms with van der Waals surface area (Å²) in [7, 11) is 1.81. The first-order chi connectivity index (χ1) is 15.4. The lowest BCUT2D eigenvalue weighted by Gasteiger charge is -2.33. The molecule has 0 spiro atoms. The van der Waals surface area contributed by atoms with Gasteiger partial charge in [0.2, 0.25) is 11.8 Å². The molecule has 2 aromatic carbocycles. The molecule has 32 heavy (non-hydrogen) atoms. The first-order valence-corrected chi connectivity index (χ1v) is 10.8. The van der Waals surface area contributed by atoms with E-state index in [9.17, 15) is 9.59 Å². The van der Waals surface area contributed by atoms with Crippen molar-refractivity contribution in [2.45, 2.75) is 39.8 Å². The number of carbonyl (C=O) groups is 2. The minimum atomic E-state index is -0.308. The highest BCUT2D eigenvalue weighted by molar-refractivity contribution is 5.81. The predicted octanol–water partition coefficient (Wildman–Crippen LogP) is 4.41. The Kier molecular flexibility index (Phi) is 5.95. The molecule has 0 N–H and O–H groups in total. The van der Waals surface area contributed by atoms with E-state index in [4.69, 9.17) is 5.10 Å². The van der Waals surface area contributed by atoms with E-state index in [-0.39, 0.29) is 24.3 Å². The van der Waals surface area contributed by atoms with Gasteiger partial charge in [0.15, 0.2) is 0 Å². The zero-order valence-electron chi connectivity index (χ0n) is 18.9. The molecule has 2 heterocycles. The van der Waals surface area contributed by atoms with E-state index in [1.54, 1.807) is 16.0 Å². The molecule has 4 rings (SSSR count). The smallest absolute Gasteiger partial charge is 0.225 e. The molecule has 164 valence electrons. The summed E-state index contributed by atoms with van der Waals surface area (Å²) in [6.45, 7) is 6.00.